The third-order valence-electron chi connectivity index (χ3n) is 3.53. The van der Waals surface area contributed by atoms with Gasteiger partial charge >= 0.3 is 0 Å². The van der Waals surface area contributed by atoms with E-state index < -0.39 is 0 Å². The van der Waals surface area contributed by atoms with Crippen LogP contribution >= 0.6 is 0 Å². The molecule has 0 unspecified atom stereocenters. The fourth-order valence-corrected chi connectivity index (χ4v) is 2.21. The molecular weight excluding hydrogens is 244 g/mol. The second kappa shape index (κ2) is 9.05. The van der Waals surface area contributed by atoms with Gasteiger partial charge in [-0.15, -0.1) is 0 Å². The molecule has 0 aliphatic heterocycles. The highest BCUT2D eigenvalue weighted by atomic mass is 16.5. The van der Waals surface area contributed by atoms with Crippen molar-refractivity contribution >= 4 is 0 Å². The highest BCUT2D eigenvalue weighted by Crippen LogP contribution is 2.24. The summed E-state index contributed by atoms with van der Waals surface area (Å²) in [6.45, 7) is 13.7. The minimum absolute atomic E-state index is 0.708. The van der Waals surface area contributed by atoms with E-state index in [0.29, 0.717) is 6.61 Å². The molecule has 1 nitrogen and oxygen atoms in total. The first-order valence-electron chi connectivity index (χ1n) is 8.06. The number of hydrogen-bond acceptors (Lipinski definition) is 1. The van der Waals surface area contributed by atoms with Gasteiger partial charge in [0.1, 0.15) is 5.75 Å². The summed E-state index contributed by atoms with van der Waals surface area (Å²) >= 11 is 0. The molecule has 0 amide bonds. The molecule has 20 heavy (non-hydrogen) atoms. The van der Waals surface area contributed by atoms with E-state index >= 15 is 0 Å². The summed E-state index contributed by atoms with van der Waals surface area (Å²) in [5.41, 5.74) is 2.81. The second-order valence-corrected chi connectivity index (χ2v) is 6.51. The number of ether oxygens (including phenoxy) is 1. The van der Waals surface area contributed by atoms with Gasteiger partial charge in [-0.2, -0.15) is 0 Å². The molecular formula is C19H31O. The molecule has 0 atom stereocenters. The van der Waals surface area contributed by atoms with E-state index in [2.05, 4.69) is 52.8 Å². The van der Waals surface area contributed by atoms with Crippen LogP contribution in [0.2, 0.25) is 0 Å². The number of rotatable bonds is 9. The van der Waals surface area contributed by atoms with E-state index in [9.17, 15) is 0 Å². The Hall–Kier alpha value is -0.980. The van der Waals surface area contributed by atoms with Crippen LogP contribution in [0.3, 0.4) is 0 Å². The highest BCUT2D eigenvalue weighted by molar-refractivity contribution is 5.37. The van der Waals surface area contributed by atoms with Gasteiger partial charge in [0.2, 0.25) is 0 Å². The third kappa shape index (κ3) is 6.45. The van der Waals surface area contributed by atoms with E-state index in [0.717, 1.165) is 30.4 Å². The predicted octanol–water partition coefficient (Wildman–Crippen LogP) is 5.47. The molecule has 1 radical (unpaired) electrons. The first kappa shape index (κ1) is 17.1. The first-order chi connectivity index (χ1) is 9.52. The van der Waals surface area contributed by atoms with Gasteiger partial charge in [-0.05, 0) is 68.1 Å². The fourth-order valence-electron chi connectivity index (χ4n) is 2.21. The van der Waals surface area contributed by atoms with E-state index in [1.54, 1.807) is 0 Å². The average Bonchev–Trinajstić information content (AvgIpc) is 2.41. The quantitative estimate of drug-likeness (QED) is 0.581. The SMILES string of the molecule is [CH2]CCOc1ccc(CCC(C)C)cc1CCC(C)C. The zero-order valence-electron chi connectivity index (χ0n) is 13.7. The highest BCUT2D eigenvalue weighted by Gasteiger charge is 2.07. The van der Waals surface area contributed by atoms with E-state index in [-0.39, 0.29) is 0 Å². The number of benzene rings is 1. The van der Waals surface area contributed by atoms with Crippen LogP contribution in [0.15, 0.2) is 18.2 Å². The Balaban J connectivity index is 2.77. The molecule has 0 heterocycles. The van der Waals surface area contributed by atoms with Crippen molar-refractivity contribution in [1.82, 2.24) is 0 Å². The predicted molar refractivity (Wildman–Crippen MR) is 88.2 cm³/mol. The Morgan fingerprint density at radius 2 is 1.65 bits per heavy atom. The lowest BCUT2D eigenvalue weighted by atomic mass is 9.97. The zero-order chi connectivity index (χ0) is 15.0. The molecule has 0 bridgehead atoms. The summed E-state index contributed by atoms with van der Waals surface area (Å²) < 4.78 is 5.84. The first-order valence-corrected chi connectivity index (χ1v) is 8.06. The van der Waals surface area contributed by atoms with E-state index in [1.807, 2.05) is 0 Å². The normalized spacial score (nSPS) is 11.3. The molecule has 0 aliphatic carbocycles. The maximum absolute atomic E-state index is 5.84. The summed E-state index contributed by atoms with van der Waals surface area (Å²) in [4.78, 5) is 0. The third-order valence-corrected chi connectivity index (χ3v) is 3.53. The summed E-state index contributed by atoms with van der Waals surface area (Å²) in [6, 6.07) is 6.73. The van der Waals surface area contributed by atoms with E-state index in [1.165, 1.54) is 30.4 Å². The summed E-state index contributed by atoms with van der Waals surface area (Å²) in [5.74, 6) is 2.55. The maximum Gasteiger partial charge on any atom is 0.122 e. The van der Waals surface area contributed by atoms with Crippen molar-refractivity contribution in [2.24, 2.45) is 11.8 Å². The van der Waals surface area contributed by atoms with Crippen molar-refractivity contribution in [3.05, 3.63) is 36.2 Å². The molecule has 0 spiro atoms. The second-order valence-electron chi connectivity index (χ2n) is 6.51. The van der Waals surface area contributed by atoms with Crippen molar-refractivity contribution in [1.29, 1.82) is 0 Å². The Morgan fingerprint density at radius 1 is 1.00 bits per heavy atom. The fraction of sp³-hybridized carbons (Fsp3) is 0.632. The van der Waals surface area contributed by atoms with Gasteiger partial charge in [-0.1, -0.05) is 39.8 Å². The lowest BCUT2D eigenvalue weighted by Crippen LogP contribution is -2.02. The van der Waals surface area contributed by atoms with Gasteiger partial charge < -0.3 is 4.74 Å². The van der Waals surface area contributed by atoms with Gasteiger partial charge in [0.05, 0.1) is 6.61 Å². The van der Waals surface area contributed by atoms with Crippen LogP contribution in [0.5, 0.6) is 5.75 Å². The number of hydrogen-bond donors (Lipinski definition) is 0. The van der Waals surface area contributed by atoms with Crippen LogP contribution in [0.25, 0.3) is 0 Å². The Kier molecular flexibility index (Phi) is 7.72. The summed E-state index contributed by atoms with van der Waals surface area (Å²) in [5, 5.41) is 0. The molecule has 1 rings (SSSR count). The van der Waals surface area contributed by atoms with Crippen LogP contribution in [0.4, 0.5) is 0 Å². The summed E-state index contributed by atoms with van der Waals surface area (Å²) in [7, 11) is 0. The van der Waals surface area contributed by atoms with E-state index in [4.69, 9.17) is 4.74 Å². The Bertz CT molecular complexity index is 379. The molecule has 0 saturated carbocycles. The van der Waals surface area contributed by atoms with Crippen molar-refractivity contribution < 1.29 is 4.74 Å². The van der Waals surface area contributed by atoms with Crippen LogP contribution in [0.1, 0.15) is 58.1 Å². The summed E-state index contributed by atoms with van der Waals surface area (Å²) in [6.07, 6.45) is 5.57. The van der Waals surface area contributed by atoms with Gasteiger partial charge in [0.25, 0.3) is 0 Å². The van der Waals surface area contributed by atoms with Gasteiger partial charge in [0.15, 0.2) is 0 Å². The van der Waals surface area contributed by atoms with Crippen molar-refractivity contribution in [3.8, 4) is 5.75 Å². The molecule has 1 heteroatoms. The standard InChI is InChI=1S/C19H31O/c1-6-13-20-19-12-10-17(9-7-15(2)3)14-18(19)11-8-16(4)5/h10,12,14-16H,1,6-9,11,13H2,2-5H3. The molecule has 0 aromatic heterocycles. The molecule has 1 aromatic rings. The van der Waals surface area contributed by atoms with Crippen molar-refractivity contribution in [2.45, 2.75) is 59.8 Å². The van der Waals surface area contributed by atoms with Crippen molar-refractivity contribution in [3.63, 3.8) is 0 Å². The Morgan fingerprint density at radius 3 is 2.25 bits per heavy atom. The van der Waals surface area contributed by atoms with Crippen LogP contribution in [0, 0.1) is 18.8 Å². The monoisotopic (exact) mass is 275 g/mol. The lowest BCUT2D eigenvalue weighted by Gasteiger charge is -2.14. The molecule has 0 fully saturated rings. The van der Waals surface area contributed by atoms with Gasteiger partial charge in [-0.3, -0.25) is 0 Å². The molecule has 0 aliphatic rings. The molecule has 1 aromatic carbocycles. The lowest BCUT2D eigenvalue weighted by molar-refractivity contribution is 0.320. The largest absolute Gasteiger partial charge is 0.493 e. The topological polar surface area (TPSA) is 9.23 Å². The van der Waals surface area contributed by atoms with Crippen LogP contribution in [-0.2, 0) is 12.8 Å². The number of aryl methyl sites for hydroxylation is 2. The Labute approximate surface area is 125 Å². The molecule has 0 saturated heterocycles. The smallest absolute Gasteiger partial charge is 0.122 e. The average molecular weight is 275 g/mol. The van der Waals surface area contributed by atoms with Gasteiger partial charge in [0, 0.05) is 0 Å². The minimum atomic E-state index is 0.708. The van der Waals surface area contributed by atoms with Crippen LogP contribution < -0.4 is 4.74 Å². The van der Waals surface area contributed by atoms with Crippen LogP contribution in [-0.4, -0.2) is 6.61 Å². The minimum Gasteiger partial charge on any atom is -0.493 e. The molecule has 113 valence electrons. The van der Waals surface area contributed by atoms with Gasteiger partial charge in [-0.25, -0.2) is 0 Å². The van der Waals surface area contributed by atoms with Crippen molar-refractivity contribution in [2.75, 3.05) is 6.61 Å². The molecule has 0 N–H and O–H groups in total. The zero-order valence-corrected chi connectivity index (χ0v) is 13.7. The maximum atomic E-state index is 5.84.